The Balaban J connectivity index is 1.44. The molecule has 1 saturated carbocycles. The van der Waals surface area contributed by atoms with Gasteiger partial charge in [0.05, 0.1) is 6.10 Å². The van der Waals surface area contributed by atoms with Gasteiger partial charge in [-0.1, -0.05) is 0 Å². The first-order chi connectivity index (χ1) is 5.95. The van der Waals surface area contributed by atoms with Crippen molar-refractivity contribution >= 4 is 0 Å². The fourth-order valence-electron chi connectivity index (χ4n) is 1.80. The van der Waals surface area contributed by atoms with Crippen molar-refractivity contribution < 1.29 is 4.74 Å². The summed E-state index contributed by atoms with van der Waals surface area (Å²) in [4.78, 5) is 0. The van der Waals surface area contributed by atoms with E-state index in [1.54, 1.807) is 0 Å². The lowest BCUT2D eigenvalue weighted by Gasteiger charge is -2.08. The van der Waals surface area contributed by atoms with Crippen LogP contribution in [0.3, 0.4) is 0 Å². The number of ether oxygens (including phenoxy) is 1. The van der Waals surface area contributed by atoms with Crippen LogP contribution in [0.5, 0.6) is 0 Å². The van der Waals surface area contributed by atoms with Gasteiger partial charge in [-0.2, -0.15) is 0 Å². The van der Waals surface area contributed by atoms with Crippen molar-refractivity contribution in [3.05, 3.63) is 0 Å². The Kier molecular flexibility index (Phi) is 3.01. The average Bonchev–Trinajstić information content (AvgIpc) is 2.76. The molecule has 2 heteroatoms. The first kappa shape index (κ1) is 8.52. The molecule has 1 N–H and O–H groups in total. The normalized spacial score (nSPS) is 29.5. The van der Waals surface area contributed by atoms with Gasteiger partial charge in [-0.3, -0.25) is 0 Å². The van der Waals surface area contributed by atoms with Crippen molar-refractivity contribution in [1.82, 2.24) is 5.32 Å². The summed E-state index contributed by atoms with van der Waals surface area (Å²) in [5.41, 5.74) is 0. The van der Waals surface area contributed by atoms with Gasteiger partial charge >= 0.3 is 0 Å². The van der Waals surface area contributed by atoms with Crippen LogP contribution in [0.4, 0.5) is 0 Å². The second-order valence-electron chi connectivity index (χ2n) is 4.01. The van der Waals surface area contributed by atoms with Crippen LogP contribution in [0.2, 0.25) is 0 Å². The van der Waals surface area contributed by atoms with E-state index in [1.165, 1.54) is 45.1 Å². The molecule has 1 aliphatic heterocycles. The quantitative estimate of drug-likeness (QED) is 0.632. The summed E-state index contributed by atoms with van der Waals surface area (Å²) >= 11 is 0. The molecule has 2 aliphatic rings. The van der Waals surface area contributed by atoms with Crippen molar-refractivity contribution in [2.75, 3.05) is 13.2 Å². The number of rotatable bonds is 5. The van der Waals surface area contributed by atoms with Crippen molar-refractivity contribution in [1.29, 1.82) is 0 Å². The van der Waals surface area contributed by atoms with Gasteiger partial charge in [-0.15, -0.1) is 0 Å². The van der Waals surface area contributed by atoms with Crippen molar-refractivity contribution in [2.45, 2.75) is 50.7 Å². The summed E-state index contributed by atoms with van der Waals surface area (Å²) in [7, 11) is 0. The molecule has 2 fully saturated rings. The molecule has 70 valence electrons. The molecule has 2 nitrogen and oxygen atoms in total. The SMILES string of the molecule is C(CNC1CC1)CC1CCCO1. The van der Waals surface area contributed by atoms with Gasteiger partial charge in [-0.25, -0.2) is 0 Å². The van der Waals surface area contributed by atoms with Crippen molar-refractivity contribution in [2.24, 2.45) is 0 Å². The van der Waals surface area contributed by atoms with Crippen LogP contribution >= 0.6 is 0 Å². The summed E-state index contributed by atoms with van der Waals surface area (Å²) in [6, 6.07) is 0.870. The molecule has 0 bridgehead atoms. The molecule has 0 spiro atoms. The third kappa shape index (κ3) is 2.76. The summed E-state index contributed by atoms with van der Waals surface area (Å²) in [5, 5.41) is 3.52. The Morgan fingerprint density at radius 1 is 1.25 bits per heavy atom. The zero-order chi connectivity index (χ0) is 8.23. The van der Waals surface area contributed by atoms with Gasteiger partial charge in [0.25, 0.3) is 0 Å². The van der Waals surface area contributed by atoms with Crippen LogP contribution in [-0.4, -0.2) is 25.3 Å². The standard InChI is InChI=1S/C10H19NO/c1(7-11-9-5-6-9)3-10-4-2-8-12-10/h9-11H,1-8H2. The second kappa shape index (κ2) is 4.24. The van der Waals surface area contributed by atoms with E-state index in [0.717, 1.165) is 12.6 Å². The number of nitrogens with one attached hydrogen (secondary N) is 1. The van der Waals surface area contributed by atoms with Crippen LogP contribution in [-0.2, 0) is 4.74 Å². The minimum absolute atomic E-state index is 0.589. The molecule has 1 atom stereocenters. The van der Waals surface area contributed by atoms with Gasteiger partial charge in [0.1, 0.15) is 0 Å². The molecular weight excluding hydrogens is 150 g/mol. The molecule has 1 unspecified atom stereocenters. The van der Waals surface area contributed by atoms with E-state index in [4.69, 9.17) is 4.74 Å². The maximum absolute atomic E-state index is 5.55. The molecule has 0 aromatic rings. The predicted octanol–water partition coefficient (Wildman–Crippen LogP) is 1.70. The smallest absolute Gasteiger partial charge is 0.0576 e. The molecule has 0 radical (unpaired) electrons. The Labute approximate surface area is 74.7 Å². The molecular formula is C10H19NO. The highest BCUT2D eigenvalue weighted by atomic mass is 16.5. The van der Waals surface area contributed by atoms with E-state index in [0.29, 0.717) is 6.10 Å². The summed E-state index contributed by atoms with van der Waals surface area (Å²) in [6.45, 7) is 2.20. The first-order valence-corrected chi connectivity index (χ1v) is 5.30. The summed E-state index contributed by atoms with van der Waals surface area (Å²) in [5.74, 6) is 0. The Hall–Kier alpha value is -0.0800. The van der Waals surface area contributed by atoms with Gasteiger partial charge in [0.2, 0.25) is 0 Å². The van der Waals surface area contributed by atoms with Crippen LogP contribution in [0.25, 0.3) is 0 Å². The van der Waals surface area contributed by atoms with Gasteiger partial charge in [0.15, 0.2) is 0 Å². The third-order valence-electron chi connectivity index (χ3n) is 2.74. The van der Waals surface area contributed by atoms with Crippen LogP contribution < -0.4 is 5.32 Å². The van der Waals surface area contributed by atoms with E-state index >= 15 is 0 Å². The van der Waals surface area contributed by atoms with Crippen LogP contribution in [0.15, 0.2) is 0 Å². The molecule has 1 heterocycles. The Bertz CT molecular complexity index is 128. The number of hydrogen-bond donors (Lipinski definition) is 1. The summed E-state index contributed by atoms with van der Waals surface area (Å²) in [6.07, 6.45) is 8.52. The monoisotopic (exact) mass is 169 g/mol. The van der Waals surface area contributed by atoms with Gasteiger partial charge in [-0.05, 0) is 45.1 Å². The van der Waals surface area contributed by atoms with Crippen molar-refractivity contribution in [3.63, 3.8) is 0 Å². The molecule has 0 aromatic carbocycles. The maximum atomic E-state index is 5.55. The van der Waals surface area contributed by atoms with E-state index in [2.05, 4.69) is 5.32 Å². The fraction of sp³-hybridized carbons (Fsp3) is 1.00. The maximum Gasteiger partial charge on any atom is 0.0576 e. The van der Waals surface area contributed by atoms with Gasteiger partial charge < -0.3 is 10.1 Å². The van der Waals surface area contributed by atoms with E-state index in [9.17, 15) is 0 Å². The zero-order valence-electron chi connectivity index (χ0n) is 7.72. The topological polar surface area (TPSA) is 21.3 Å². The Morgan fingerprint density at radius 2 is 2.17 bits per heavy atom. The third-order valence-corrected chi connectivity index (χ3v) is 2.74. The molecule has 0 aromatic heterocycles. The molecule has 1 saturated heterocycles. The molecule has 12 heavy (non-hydrogen) atoms. The minimum atomic E-state index is 0.589. The molecule has 0 amide bonds. The van der Waals surface area contributed by atoms with Crippen molar-refractivity contribution in [3.8, 4) is 0 Å². The van der Waals surface area contributed by atoms with Crippen LogP contribution in [0.1, 0.15) is 38.5 Å². The lowest BCUT2D eigenvalue weighted by Crippen LogP contribution is -2.19. The molecule has 1 aliphatic carbocycles. The van der Waals surface area contributed by atoms with Crippen LogP contribution in [0, 0.1) is 0 Å². The fourth-order valence-corrected chi connectivity index (χ4v) is 1.80. The highest BCUT2D eigenvalue weighted by Crippen LogP contribution is 2.19. The number of hydrogen-bond acceptors (Lipinski definition) is 2. The highest BCUT2D eigenvalue weighted by molar-refractivity contribution is 4.80. The highest BCUT2D eigenvalue weighted by Gasteiger charge is 2.20. The Morgan fingerprint density at radius 3 is 2.83 bits per heavy atom. The molecule has 2 rings (SSSR count). The van der Waals surface area contributed by atoms with Gasteiger partial charge in [0, 0.05) is 12.6 Å². The summed E-state index contributed by atoms with van der Waals surface area (Å²) < 4.78 is 5.55. The van der Waals surface area contributed by atoms with E-state index in [1.807, 2.05) is 0 Å². The first-order valence-electron chi connectivity index (χ1n) is 5.30. The van der Waals surface area contributed by atoms with E-state index < -0.39 is 0 Å². The second-order valence-corrected chi connectivity index (χ2v) is 4.01. The lowest BCUT2D eigenvalue weighted by molar-refractivity contribution is 0.102. The minimum Gasteiger partial charge on any atom is -0.378 e. The largest absolute Gasteiger partial charge is 0.378 e. The van der Waals surface area contributed by atoms with E-state index in [-0.39, 0.29) is 0 Å². The average molecular weight is 169 g/mol. The zero-order valence-corrected chi connectivity index (χ0v) is 7.72. The predicted molar refractivity (Wildman–Crippen MR) is 49.2 cm³/mol. The lowest BCUT2D eigenvalue weighted by atomic mass is 10.1.